The van der Waals surface area contributed by atoms with Gasteiger partial charge in [-0.15, -0.1) is 34.2 Å². The van der Waals surface area contributed by atoms with Crippen molar-refractivity contribution in [1.82, 2.24) is 19.5 Å². The van der Waals surface area contributed by atoms with Gasteiger partial charge < -0.3 is 14.3 Å². The zero-order chi connectivity index (χ0) is 29.8. The summed E-state index contributed by atoms with van der Waals surface area (Å²) in [6, 6.07) is 50.7. The molecule has 0 radical (unpaired) electrons. The Balaban J connectivity index is 0.00000312. The molecule has 0 atom stereocenters. The van der Waals surface area contributed by atoms with Gasteiger partial charge in [0.25, 0.3) is 0 Å². The summed E-state index contributed by atoms with van der Waals surface area (Å²) in [5, 5.41) is 2.06. The fourth-order valence-corrected chi connectivity index (χ4v) is 6.91. The van der Waals surface area contributed by atoms with Crippen molar-refractivity contribution in [3.63, 3.8) is 0 Å². The maximum atomic E-state index is 6.41. The number of benzene rings is 4. The SMILES string of the molecule is [Pt+2].[c-]1c(Oc2[c-]c3c(cn2)c2ccccc2n3-c2ccccn2)ccc2c1-c1ncccc1C2(c1ccccc1)c1ccccc1. The van der Waals surface area contributed by atoms with Crippen molar-refractivity contribution >= 4 is 21.8 Å². The zero-order valence-electron chi connectivity index (χ0n) is 24.4. The molecule has 46 heavy (non-hydrogen) atoms. The number of nitrogens with zero attached hydrogens (tertiary/aromatic N) is 4. The molecule has 0 unspecified atom stereocenters. The maximum Gasteiger partial charge on any atom is 2.00 e. The van der Waals surface area contributed by atoms with Crippen LogP contribution >= 0.6 is 0 Å². The molecule has 1 aliphatic rings. The number of hydrogen-bond donors (Lipinski definition) is 0. The normalized spacial score (nSPS) is 12.8. The number of hydrogen-bond acceptors (Lipinski definition) is 4. The van der Waals surface area contributed by atoms with Crippen LogP contribution in [0.4, 0.5) is 0 Å². The number of rotatable bonds is 5. The van der Waals surface area contributed by atoms with E-state index < -0.39 is 5.41 Å². The summed E-state index contributed by atoms with van der Waals surface area (Å²) < 4.78 is 8.51. The molecule has 4 aromatic heterocycles. The van der Waals surface area contributed by atoms with Gasteiger partial charge in [-0.3, -0.25) is 4.98 Å². The molecule has 0 aliphatic heterocycles. The molecule has 8 aromatic rings. The molecule has 0 bridgehead atoms. The van der Waals surface area contributed by atoms with Crippen LogP contribution in [-0.4, -0.2) is 19.5 Å². The molecule has 0 saturated heterocycles. The molecule has 4 heterocycles. The Hall–Kier alpha value is -5.38. The molecule has 220 valence electrons. The third-order valence-electron chi connectivity index (χ3n) is 8.72. The maximum absolute atomic E-state index is 6.41. The average Bonchev–Trinajstić information content (AvgIpc) is 3.60. The smallest absolute Gasteiger partial charge is 0.478 e. The predicted molar refractivity (Wildman–Crippen MR) is 176 cm³/mol. The topological polar surface area (TPSA) is 52.8 Å². The molecule has 0 amide bonds. The monoisotopic (exact) mass is 771 g/mol. The number of ether oxygens (including phenoxy) is 1. The summed E-state index contributed by atoms with van der Waals surface area (Å²) in [7, 11) is 0. The summed E-state index contributed by atoms with van der Waals surface area (Å²) in [4.78, 5) is 14.2. The van der Waals surface area contributed by atoms with E-state index in [0.29, 0.717) is 11.6 Å². The van der Waals surface area contributed by atoms with Crippen molar-refractivity contribution in [3.8, 4) is 28.7 Å². The molecule has 4 aromatic carbocycles. The van der Waals surface area contributed by atoms with Gasteiger partial charge in [-0.1, -0.05) is 108 Å². The van der Waals surface area contributed by atoms with Crippen molar-refractivity contribution in [2.45, 2.75) is 5.41 Å². The summed E-state index contributed by atoms with van der Waals surface area (Å²) in [5.41, 5.74) is 7.74. The van der Waals surface area contributed by atoms with E-state index in [4.69, 9.17) is 9.72 Å². The zero-order valence-corrected chi connectivity index (χ0v) is 26.6. The van der Waals surface area contributed by atoms with Crippen molar-refractivity contribution in [1.29, 1.82) is 0 Å². The van der Waals surface area contributed by atoms with Crippen LogP contribution in [-0.2, 0) is 26.5 Å². The van der Waals surface area contributed by atoms with Crippen LogP contribution in [0.1, 0.15) is 22.3 Å². The van der Waals surface area contributed by atoms with Crippen LogP contribution in [0.5, 0.6) is 11.6 Å². The number of aromatic nitrogens is 4. The second-order valence-corrected chi connectivity index (χ2v) is 11.1. The van der Waals surface area contributed by atoms with E-state index in [2.05, 4.69) is 112 Å². The van der Waals surface area contributed by atoms with E-state index in [0.717, 1.165) is 50.0 Å². The largest absolute Gasteiger partial charge is 2.00 e. The Morgan fingerprint density at radius 3 is 2.07 bits per heavy atom. The minimum Gasteiger partial charge on any atom is -0.478 e. The van der Waals surface area contributed by atoms with Gasteiger partial charge in [-0.25, -0.2) is 4.98 Å². The van der Waals surface area contributed by atoms with E-state index in [9.17, 15) is 0 Å². The Bertz CT molecular complexity index is 2320. The minimum absolute atomic E-state index is 0. The number of para-hydroxylation sites is 1. The minimum atomic E-state index is -0.538. The van der Waals surface area contributed by atoms with Crippen LogP contribution in [0.3, 0.4) is 0 Å². The first-order valence-electron chi connectivity index (χ1n) is 14.9. The quantitative estimate of drug-likeness (QED) is 0.165. The molecular formula is C40H24N4OPt. The van der Waals surface area contributed by atoms with E-state index in [1.165, 1.54) is 11.1 Å². The van der Waals surface area contributed by atoms with Crippen LogP contribution < -0.4 is 4.74 Å². The van der Waals surface area contributed by atoms with Crippen molar-refractivity contribution < 1.29 is 25.8 Å². The van der Waals surface area contributed by atoms with Gasteiger partial charge in [0, 0.05) is 29.1 Å². The first kappa shape index (κ1) is 28.1. The molecule has 0 saturated carbocycles. The van der Waals surface area contributed by atoms with Crippen LogP contribution in [0.25, 0.3) is 38.9 Å². The summed E-state index contributed by atoms with van der Waals surface area (Å²) in [5.74, 6) is 1.71. The summed E-state index contributed by atoms with van der Waals surface area (Å²) in [6.45, 7) is 0. The van der Waals surface area contributed by atoms with Crippen molar-refractivity contribution in [2.24, 2.45) is 0 Å². The molecule has 1 aliphatic carbocycles. The number of pyridine rings is 3. The Labute approximate surface area is 280 Å². The van der Waals surface area contributed by atoms with Gasteiger partial charge in [-0.05, 0) is 47.3 Å². The van der Waals surface area contributed by atoms with Crippen molar-refractivity contribution in [2.75, 3.05) is 0 Å². The third-order valence-corrected chi connectivity index (χ3v) is 8.72. The second kappa shape index (κ2) is 11.2. The van der Waals surface area contributed by atoms with Gasteiger partial charge in [0.05, 0.1) is 0 Å². The Kier molecular flexibility index (Phi) is 6.85. The Morgan fingerprint density at radius 2 is 1.30 bits per heavy atom. The standard InChI is InChI=1S/C40H24N4O.Pt/c1-3-12-27(13-4-1)40(28-14-5-2-6-15-28)33-21-20-29(24-31(33)39-34(40)17-11-23-42-39)45-38-25-36-32(26-43-38)30-16-7-8-18-35(30)44(36)37-19-9-10-22-41-37;/h1-23,26H;/q-2;+2. The fourth-order valence-electron chi connectivity index (χ4n) is 6.91. The number of fused-ring (bicyclic) bond motifs is 6. The second-order valence-electron chi connectivity index (χ2n) is 11.1. The van der Waals surface area contributed by atoms with E-state index in [1.807, 2.05) is 54.9 Å². The van der Waals surface area contributed by atoms with Crippen LogP contribution in [0.15, 0.2) is 146 Å². The van der Waals surface area contributed by atoms with E-state index in [-0.39, 0.29) is 21.1 Å². The first-order valence-corrected chi connectivity index (χ1v) is 14.9. The van der Waals surface area contributed by atoms with Gasteiger partial charge in [0.15, 0.2) is 0 Å². The first-order chi connectivity index (χ1) is 22.3. The molecule has 5 nitrogen and oxygen atoms in total. The molecule has 0 fully saturated rings. The van der Waals surface area contributed by atoms with Crippen molar-refractivity contribution in [3.05, 3.63) is 180 Å². The summed E-state index contributed by atoms with van der Waals surface area (Å²) in [6.07, 6.45) is 5.49. The van der Waals surface area contributed by atoms with E-state index in [1.54, 1.807) is 6.20 Å². The van der Waals surface area contributed by atoms with Crippen LogP contribution in [0.2, 0.25) is 0 Å². The van der Waals surface area contributed by atoms with E-state index >= 15 is 0 Å². The average molecular weight is 772 g/mol. The summed E-state index contributed by atoms with van der Waals surface area (Å²) >= 11 is 0. The molecule has 0 spiro atoms. The fraction of sp³-hybridized carbons (Fsp3) is 0.0250. The van der Waals surface area contributed by atoms with Crippen LogP contribution in [0, 0.1) is 12.1 Å². The molecule has 6 heteroatoms. The predicted octanol–water partition coefficient (Wildman–Crippen LogP) is 8.72. The molecule has 9 rings (SSSR count). The van der Waals surface area contributed by atoms with Gasteiger partial charge in [-0.2, -0.15) is 6.07 Å². The third kappa shape index (κ3) is 4.16. The Morgan fingerprint density at radius 1 is 0.587 bits per heavy atom. The molecule has 0 N–H and O–H groups in total. The van der Waals surface area contributed by atoms with Gasteiger partial charge >= 0.3 is 21.1 Å². The molecular weight excluding hydrogens is 748 g/mol. The van der Waals surface area contributed by atoms with Gasteiger partial charge in [0.1, 0.15) is 11.7 Å². The van der Waals surface area contributed by atoms with Gasteiger partial charge in [0.2, 0.25) is 0 Å².